The van der Waals surface area contributed by atoms with Crippen molar-refractivity contribution in [1.29, 1.82) is 0 Å². The van der Waals surface area contributed by atoms with E-state index in [0.29, 0.717) is 17.9 Å². The van der Waals surface area contributed by atoms with Gasteiger partial charge >= 0.3 is 0 Å². The third kappa shape index (κ3) is 1.57. The van der Waals surface area contributed by atoms with E-state index >= 15 is 0 Å². The molecule has 0 aliphatic rings. The molecule has 14 heavy (non-hydrogen) atoms. The molecule has 70 valence electrons. The molecule has 2 rings (SSSR count). The monoisotopic (exact) mass is 187 g/mol. The van der Waals surface area contributed by atoms with E-state index in [-0.39, 0.29) is 0 Å². The van der Waals surface area contributed by atoms with Crippen molar-refractivity contribution >= 4 is 6.29 Å². The zero-order valence-corrected chi connectivity index (χ0v) is 7.73. The Bertz CT molecular complexity index is 460. The summed E-state index contributed by atoms with van der Waals surface area (Å²) in [4.78, 5) is 14.4. The standard InChI is InChI=1S/C11H9NO2/c1-8-3-2-4-9(5-8)11-12-10(6-13)7-14-11/h2-7H,1H3. The third-order valence-corrected chi connectivity index (χ3v) is 1.91. The number of carbonyl (C=O) groups is 1. The lowest BCUT2D eigenvalue weighted by atomic mass is 10.1. The highest BCUT2D eigenvalue weighted by Crippen LogP contribution is 2.18. The molecule has 0 spiro atoms. The molecule has 0 aliphatic heterocycles. The number of hydrogen-bond donors (Lipinski definition) is 0. The molecule has 1 aromatic heterocycles. The van der Waals surface area contributed by atoms with Crippen LogP contribution in [0.3, 0.4) is 0 Å². The molecule has 0 saturated heterocycles. The largest absolute Gasteiger partial charge is 0.444 e. The summed E-state index contributed by atoms with van der Waals surface area (Å²) in [5, 5.41) is 0. The maximum Gasteiger partial charge on any atom is 0.226 e. The second-order valence-corrected chi connectivity index (χ2v) is 3.06. The summed E-state index contributed by atoms with van der Waals surface area (Å²) in [5.41, 5.74) is 2.34. The predicted octanol–water partition coefficient (Wildman–Crippen LogP) is 2.46. The highest BCUT2D eigenvalue weighted by Gasteiger charge is 2.05. The van der Waals surface area contributed by atoms with Gasteiger partial charge in [0.15, 0.2) is 6.29 Å². The SMILES string of the molecule is Cc1cccc(-c2nc(C=O)co2)c1. The first-order valence-electron chi connectivity index (χ1n) is 4.27. The topological polar surface area (TPSA) is 43.1 Å². The van der Waals surface area contributed by atoms with Gasteiger partial charge in [-0.1, -0.05) is 17.7 Å². The highest BCUT2D eigenvalue weighted by molar-refractivity contribution is 5.72. The summed E-state index contributed by atoms with van der Waals surface area (Å²) in [5.74, 6) is 0.482. The molecule has 2 aromatic rings. The average Bonchev–Trinajstić information content (AvgIpc) is 2.66. The Labute approximate surface area is 81.4 Å². The number of aryl methyl sites for hydroxylation is 1. The number of rotatable bonds is 2. The molecule has 0 saturated carbocycles. The average molecular weight is 187 g/mol. The molecule has 0 aliphatic carbocycles. The summed E-state index contributed by atoms with van der Waals surface area (Å²) in [6.45, 7) is 1.99. The normalized spacial score (nSPS) is 10.1. The molecule has 3 nitrogen and oxygen atoms in total. The zero-order valence-electron chi connectivity index (χ0n) is 7.73. The second kappa shape index (κ2) is 3.46. The Morgan fingerprint density at radius 3 is 2.93 bits per heavy atom. The van der Waals surface area contributed by atoms with Gasteiger partial charge in [0.25, 0.3) is 0 Å². The van der Waals surface area contributed by atoms with Crippen LogP contribution in [-0.2, 0) is 0 Å². The van der Waals surface area contributed by atoms with Crippen molar-refractivity contribution in [2.24, 2.45) is 0 Å². The van der Waals surface area contributed by atoms with Crippen LogP contribution in [0.1, 0.15) is 16.1 Å². The quantitative estimate of drug-likeness (QED) is 0.678. The minimum Gasteiger partial charge on any atom is -0.444 e. The minimum atomic E-state index is 0.321. The van der Waals surface area contributed by atoms with Gasteiger partial charge in [-0.15, -0.1) is 0 Å². The first-order chi connectivity index (χ1) is 6.79. The fourth-order valence-corrected chi connectivity index (χ4v) is 1.25. The second-order valence-electron chi connectivity index (χ2n) is 3.06. The highest BCUT2D eigenvalue weighted by atomic mass is 16.3. The molecule has 1 aromatic carbocycles. The molecule has 1 heterocycles. The van der Waals surface area contributed by atoms with Crippen molar-refractivity contribution in [2.75, 3.05) is 0 Å². The summed E-state index contributed by atoms with van der Waals surface area (Å²) < 4.78 is 5.15. The van der Waals surface area contributed by atoms with E-state index in [2.05, 4.69) is 4.98 Å². The van der Waals surface area contributed by atoms with Crippen LogP contribution in [-0.4, -0.2) is 11.3 Å². The van der Waals surface area contributed by atoms with Gasteiger partial charge in [-0.25, -0.2) is 4.98 Å². The fourth-order valence-electron chi connectivity index (χ4n) is 1.25. The van der Waals surface area contributed by atoms with Crippen LogP contribution >= 0.6 is 0 Å². The molecule has 0 fully saturated rings. The number of oxazole rings is 1. The number of benzene rings is 1. The Balaban J connectivity index is 2.43. The van der Waals surface area contributed by atoms with E-state index in [9.17, 15) is 4.79 Å². The lowest BCUT2D eigenvalue weighted by molar-refractivity contribution is 0.111. The molecule has 0 unspecified atom stereocenters. The Morgan fingerprint density at radius 1 is 1.43 bits per heavy atom. The predicted molar refractivity (Wildman–Crippen MR) is 52.1 cm³/mol. The maximum atomic E-state index is 10.4. The van der Waals surface area contributed by atoms with E-state index in [0.717, 1.165) is 11.1 Å². The molecule has 0 bridgehead atoms. The van der Waals surface area contributed by atoms with E-state index in [1.807, 2.05) is 31.2 Å². The van der Waals surface area contributed by atoms with Crippen molar-refractivity contribution in [3.05, 3.63) is 41.8 Å². The summed E-state index contributed by atoms with van der Waals surface area (Å²) in [6.07, 6.45) is 2.02. The first-order valence-corrected chi connectivity index (χ1v) is 4.27. The molecular weight excluding hydrogens is 178 g/mol. The summed E-state index contributed by atoms with van der Waals surface area (Å²) >= 11 is 0. The van der Waals surface area contributed by atoms with Gasteiger partial charge < -0.3 is 4.42 Å². The van der Waals surface area contributed by atoms with E-state index in [1.165, 1.54) is 6.26 Å². The number of aldehydes is 1. The minimum absolute atomic E-state index is 0.321. The van der Waals surface area contributed by atoms with Gasteiger partial charge in [0, 0.05) is 5.56 Å². The number of nitrogens with zero attached hydrogens (tertiary/aromatic N) is 1. The number of aromatic nitrogens is 1. The lowest BCUT2D eigenvalue weighted by Gasteiger charge is -1.95. The van der Waals surface area contributed by atoms with E-state index < -0.39 is 0 Å². The van der Waals surface area contributed by atoms with Gasteiger partial charge in [0.2, 0.25) is 5.89 Å². The van der Waals surface area contributed by atoms with Crippen molar-refractivity contribution in [3.63, 3.8) is 0 Å². The lowest BCUT2D eigenvalue weighted by Crippen LogP contribution is -1.81. The van der Waals surface area contributed by atoms with E-state index in [4.69, 9.17) is 4.42 Å². The van der Waals surface area contributed by atoms with Gasteiger partial charge in [0.05, 0.1) is 0 Å². The summed E-state index contributed by atoms with van der Waals surface area (Å²) in [7, 11) is 0. The Morgan fingerprint density at radius 2 is 2.29 bits per heavy atom. The van der Waals surface area contributed by atoms with Gasteiger partial charge in [0.1, 0.15) is 12.0 Å². The van der Waals surface area contributed by atoms with Gasteiger partial charge in [-0.3, -0.25) is 4.79 Å². The van der Waals surface area contributed by atoms with Crippen LogP contribution < -0.4 is 0 Å². The van der Waals surface area contributed by atoms with Crippen molar-refractivity contribution in [1.82, 2.24) is 4.98 Å². The van der Waals surface area contributed by atoms with Crippen molar-refractivity contribution in [2.45, 2.75) is 6.92 Å². The molecule has 0 atom stereocenters. The van der Waals surface area contributed by atoms with Crippen LogP contribution in [0, 0.1) is 6.92 Å². The van der Waals surface area contributed by atoms with Crippen LogP contribution in [0.2, 0.25) is 0 Å². The van der Waals surface area contributed by atoms with Crippen molar-refractivity contribution < 1.29 is 9.21 Å². The number of carbonyl (C=O) groups excluding carboxylic acids is 1. The van der Waals surface area contributed by atoms with Gasteiger partial charge in [-0.05, 0) is 19.1 Å². The number of hydrogen-bond acceptors (Lipinski definition) is 3. The molecule has 0 N–H and O–H groups in total. The van der Waals surface area contributed by atoms with Crippen LogP contribution in [0.4, 0.5) is 0 Å². The Hall–Kier alpha value is -1.90. The smallest absolute Gasteiger partial charge is 0.226 e. The Kier molecular flexibility index (Phi) is 2.14. The first kappa shape index (κ1) is 8.69. The zero-order chi connectivity index (χ0) is 9.97. The molecule has 3 heteroatoms. The van der Waals surface area contributed by atoms with Crippen molar-refractivity contribution in [3.8, 4) is 11.5 Å². The van der Waals surface area contributed by atoms with Crippen LogP contribution in [0.25, 0.3) is 11.5 Å². The van der Waals surface area contributed by atoms with Gasteiger partial charge in [-0.2, -0.15) is 0 Å². The van der Waals surface area contributed by atoms with Crippen LogP contribution in [0.15, 0.2) is 34.9 Å². The molecule has 0 amide bonds. The van der Waals surface area contributed by atoms with Crippen LogP contribution in [0.5, 0.6) is 0 Å². The molecular formula is C11H9NO2. The fraction of sp³-hybridized carbons (Fsp3) is 0.0909. The third-order valence-electron chi connectivity index (χ3n) is 1.91. The summed E-state index contributed by atoms with van der Waals surface area (Å²) in [6, 6.07) is 7.77. The molecule has 0 radical (unpaired) electrons. The maximum absolute atomic E-state index is 10.4. The van der Waals surface area contributed by atoms with E-state index in [1.54, 1.807) is 0 Å².